The lowest BCUT2D eigenvalue weighted by atomic mass is 9.94. The van der Waals surface area contributed by atoms with Gasteiger partial charge in [-0.3, -0.25) is 5.10 Å². The van der Waals surface area contributed by atoms with Crippen LogP contribution in [0.5, 0.6) is 17.5 Å². The van der Waals surface area contributed by atoms with Gasteiger partial charge in [0.1, 0.15) is 23.7 Å². The maximum absolute atomic E-state index is 11.8. The minimum atomic E-state index is -0.913. The van der Waals surface area contributed by atoms with Crippen LogP contribution in [-0.2, 0) is 0 Å². The van der Waals surface area contributed by atoms with Gasteiger partial charge in [0.05, 0.1) is 35.9 Å². The van der Waals surface area contributed by atoms with E-state index in [-0.39, 0.29) is 18.2 Å². The molecule has 1 saturated carbocycles. The highest BCUT2D eigenvalue weighted by molar-refractivity contribution is 6.06. The smallest absolute Gasteiger partial charge is 0.407 e. The highest BCUT2D eigenvalue weighted by Crippen LogP contribution is 2.50. The molecule has 3 aliphatic rings. The number of piperazine rings is 1. The zero-order valence-corrected chi connectivity index (χ0v) is 25.7. The first kappa shape index (κ1) is 28.5. The molecule has 2 aliphatic heterocycles. The van der Waals surface area contributed by atoms with Crippen molar-refractivity contribution in [2.24, 2.45) is 0 Å². The van der Waals surface area contributed by atoms with Gasteiger partial charge in [-0.25, -0.2) is 4.79 Å². The lowest BCUT2D eigenvalue weighted by molar-refractivity contribution is 0.136. The van der Waals surface area contributed by atoms with Crippen LogP contribution >= 0.6 is 0 Å². The quantitative estimate of drug-likeness (QED) is 0.293. The summed E-state index contributed by atoms with van der Waals surface area (Å²) >= 11 is 0. The molecule has 2 atom stereocenters. The van der Waals surface area contributed by atoms with E-state index in [9.17, 15) is 9.90 Å². The summed E-state index contributed by atoms with van der Waals surface area (Å²) in [5.74, 6) is 1.97. The minimum absolute atomic E-state index is 0.0841. The summed E-state index contributed by atoms with van der Waals surface area (Å²) < 4.78 is 19.2. The van der Waals surface area contributed by atoms with E-state index in [1.54, 1.807) is 7.11 Å². The maximum Gasteiger partial charge on any atom is 0.407 e. The third-order valence-corrected chi connectivity index (χ3v) is 9.23. The molecule has 4 aromatic rings. The second-order valence-electron chi connectivity index (χ2n) is 12.3. The second-order valence-corrected chi connectivity index (χ2v) is 12.3. The normalized spacial score (nSPS) is 20.9. The van der Waals surface area contributed by atoms with Crippen LogP contribution in [0.3, 0.4) is 0 Å². The Labute approximate surface area is 255 Å². The van der Waals surface area contributed by atoms with E-state index in [4.69, 9.17) is 24.2 Å². The number of H-pyrrole nitrogens is 1. The highest BCUT2D eigenvalue weighted by Gasteiger charge is 2.34. The number of carboxylic acid groups (broad SMARTS) is 1. The summed E-state index contributed by atoms with van der Waals surface area (Å²) in [4.78, 5) is 27.7. The monoisotopic (exact) mass is 601 g/mol. The van der Waals surface area contributed by atoms with Crippen LogP contribution in [0.4, 0.5) is 10.6 Å². The molecule has 3 fully saturated rings. The number of nitrogens with zero attached hydrogens (tertiary/aromatic N) is 6. The van der Waals surface area contributed by atoms with Crippen LogP contribution in [0.15, 0.2) is 24.4 Å². The Balaban J connectivity index is 1.44. The molecule has 1 amide bonds. The van der Waals surface area contributed by atoms with Crippen molar-refractivity contribution in [2.45, 2.75) is 57.7 Å². The fraction of sp³-hybridized carbons (Fsp3) is 0.500. The summed E-state index contributed by atoms with van der Waals surface area (Å²) in [7, 11) is 3.79. The fourth-order valence-electron chi connectivity index (χ4n) is 6.59. The van der Waals surface area contributed by atoms with E-state index >= 15 is 0 Å². The molecular formula is C32H39N7O5. The molecule has 0 bridgehead atoms. The Morgan fingerprint density at radius 2 is 1.95 bits per heavy atom. The van der Waals surface area contributed by atoms with Crippen molar-refractivity contribution in [1.29, 1.82) is 0 Å². The number of likely N-dealkylation sites (tertiary alicyclic amines) is 1. The Kier molecular flexibility index (Phi) is 7.31. The van der Waals surface area contributed by atoms with Gasteiger partial charge in [0.25, 0.3) is 0 Å². The number of aromatic nitrogens is 4. The van der Waals surface area contributed by atoms with Gasteiger partial charge < -0.3 is 34.0 Å². The molecule has 2 N–H and O–H groups in total. The van der Waals surface area contributed by atoms with E-state index in [2.05, 4.69) is 40.0 Å². The number of carbonyl (C=O) groups is 1. The van der Waals surface area contributed by atoms with E-state index in [1.807, 2.05) is 25.3 Å². The third-order valence-electron chi connectivity index (χ3n) is 9.23. The molecule has 232 valence electrons. The van der Waals surface area contributed by atoms with Crippen molar-refractivity contribution in [3.8, 4) is 28.6 Å². The number of hydrogen-bond acceptors (Lipinski definition) is 9. The number of rotatable bonds is 8. The molecule has 12 nitrogen and oxygen atoms in total. The number of methoxy groups -OCH3 is 1. The summed E-state index contributed by atoms with van der Waals surface area (Å²) in [6, 6.07) is 6.56. The molecule has 12 heteroatoms. The zero-order valence-electron chi connectivity index (χ0n) is 25.7. The number of nitrogens with one attached hydrogen (secondary N) is 1. The predicted molar refractivity (Wildman–Crippen MR) is 167 cm³/mol. The van der Waals surface area contributed by atoms with Gasteiger partial charge in [-0.05, 0) is 70.8 Å². The lowest BCUT2D eigenvalue weighted by Crippen LogP contribution is -2.53. The first-order valence-corrected chi connectivity index (χ1v) is 15.4. The number of fused-ring (bicyclic) bond motifs is 2. The molecule has 0 radical (unpaired) electrons. The second kappa shape index (κ2) is 11.3. The van der Waals surface area contributed by atoms with E-state index in [0.29, 0.717) is 55.1 Å². The topological polar surface area (TPSA) is 129 Å². The van der Waals surface area contributed by atoms with E-state index in [0.717, 1.165) is 65.2 Å². The molecule has 4 heterocycles. The maximum atomic E-state index is 11.8. The molecule has 0 spiro atoms. The van der Waals surface area contributed by atoms with E-state index < -0.39 is 6.09 Å². The number of hydrogen-bond donors (Lipinski definition) is 2. The van der Waals surface area contributed by atoms with Crippen molar-refractivity contribution < 1.29 is 24.1 Å². The van der Waals surface area contributed by atoms with Crippen LogP contribution in [-0.4, -0.2) is 106 Å². The van der Waals surface area contributed by atoms with Gasteiger partial charge in [-0.1, -0.05) is 6.07 Å². The standard InChI is InChI=1S/C32H39N7O5/c1-18-7-10-24-23(15-33-36-24)26(18)27-25(42-4)14-22-28(29(27)44-21-8-9-21)34-31(43-17-20-6-5-11-37(20)3)35-30(22)39-13-12-38(32(40)41)16-19(39)2/h7,10,14-15,19-21H,5-6,8-9,11-13,16-17H2,1-4H3,(H,33,36)(H,40,41)/t19?,20-/m0/s1. The summed E-state index contributed by atoms with van der Waals surface area (Å²) in [5, 5.41) is 18.8. The Morgan fingerprint density at radius 1 is 1.11 bits per heavy atom. The van der Waals surface area contributed by atoms with Gasteiger partial charge in [-0.2, -0.15) is 15.1 Å². The van der Waals surface area contributed by atoms with Gasteiger partial charge >= 0.3 is 12.1 Å². The Hall–Kier alpha value is -4.32. The number of aryl methyl sites for hydroxylation is 1. The number of aromatic amines is 1. The Bertz CT molecular complexity index is 1720. The zero-order chi connectivity index (χ0) is 30.5. The average Bonchev–Trinajstić information content (AvgIpc) is 3.54. The third kappa shape index (κ3) is 5.10. The minimum Gasteiger partial charge on any atom is -0.496 e. The molecule has 7 rings (SSSR count). The first-order valence-electron chi connectivity index (χ1n) is 15.4. The summed E-state index contributed by atoms with van der Waals surface area (Å²) in [6.45, 7) is 6.86. The van der Waals surface area contributed by atoms with Gasteiger partial charge in [0.15, 0.2) is 5.75 Å². The van der Waals surface area contributed by atoms with Crippen molar-refractivity contribution in [3.05, 3.63) is 30.0 Å². The molecule has 2 aromatic carbocycles. The van der Waals surface area contributed by atoms with Gasteiger partial charge in [0.2, 0.25) is 0 Å². The molecule has 2 aromatic heterocycles. The van der Waals surface area contributed by atoms with Crippen LogP contribution in [0.2, 0.25) is 0 Å². The molecule has 44 heavy (non-hydrogen) atoms. The number of ether oxygens (including phenoxy) is 3. The summed E-state index contributed by atoms with van der Waals surface area (Å²) in [5.41, 5.74) is 4.43. The van der Waals surface area contributed by atoms with Crippen molar-refractivity contribution in [3.63, 3.8) is 0 Å². The van der Waals surface area contributed by atoms with Crippen molar-refractivity contribution >= 4 is 33.7 Å². The largest absolute Gasteiger partial charge is 0.496 e. The number of likely N-dealkylation sites (N-methyl/N-ethyl adjacent to an activating group) is 1. The van der Waals surface area contributed by atoms with Crippen LogP contribution in [0.1, 0.15) is 38.2 Å². The summed E-state index contributed by atoms with van der Waals surface area (Å²) in [6.07, 6.45) is 5.15. The molecular weight excluding hydrogens is 562 g/mol. The molecule has 1 aliphatic carbocycles. The SMILES string of the molecule is COc1cc2c(N3CCN(C(=O)O)CC3C)nc(OC[C@@H]3CCCN3C)nc2c(OC2CC2)c1-c1c(C)ccc2[nH]ncc12. The van der Waals surface area contributed by atoms with Crippen LogP contribution < -0.4 is 19.1 Å². The Morgan fingerprint density at radius 3 is 2.66 bits per heavy atom. The number of benzene rings is 2. The fourth-order valence-corrected chi connectivity index (χ4v) is 6.59. The average molecular weight is 602 g/mol. The first-order chi connectivity index (χ1) is 21.3. The van der Waals surface area contributed by atoms with Gasteiger partial charge in [0, 0.05) is 42.7 Å². The van der Waals surface area contributed by atoms with E-state index in [1.165, 1.54) is 4.90 Å². The van der Waals surface area contributed by atoms with Gasteiger partial charge in [-0.15, -0.1) is 0 Å². The van der Waals surface area contributed by atoms with Crippen molar-refractivity contribution in [1.82, 2.24) is 30.0 Å². The number of amides is 1. The lowest BCUT2D eigenvalue weighted by Gasteiger charge is -2.39. The number of anilines is 1. The predicted octanol–water partition coefficient (Wildman–Crippen LogP) is 4.69. The highest BCUT2D eigenvalue weighted by atomic mass is 16.5. The van der Waals surface area contributed by atoms with Crippen molar-refractivity contribution in [2.75, 3.05) is 51.8 Å². The molecule has 2 saturated heterocycles. The van der Waals surface area contributed by atoms with Crippen LogP contribution in [0.25, 0.3) is 32.9 Å². The van der Waals surface area contributed by atoms with Crippen LogP contribution in [0, 0.1) is 6.92 Å². The molecule has 1 unspecified atom stereocenters.